The molecule has 0 bridgehead atoms. The number of aromatic nitrogens is 5. The maximum atomic E-state index is 6.73. The van der Waals surface area contributed by atoms with Gasteiger partial charge in [0.2, 0.25) is 5.88 Å². The molecule has 0 aliphatic rings. The molecule has 0 amide bonds. The normalized spacial score (nSPS) is 12.3. The maximum absolute atomic E-state index is 6.73. The summed E-state index contributed by atoms with van der Waals surface area (Å²) in [7, 11) is 0. The van der Waals surface area contributed by atoms with Crippen molar-refractivity contribution < 1.29 is 4.42 Å². The van der Waals surface area contributed by atoms with Crippen molar-refractivity contribution in [3.8, 4) is 17.3 Å². The number of hydrogen-bond donors (Lipinski definition) is 0. The van der Waals surface area contributed by atoms with Crippen LogP contribution in [0.15, 0.2) is 168 Å². The smallest absolute Gasteiger partial charge is 0.308 e. The number of imidazole rings is 1. The number of hydrogen-bond acceptors (Lipinski definition) is 2. The van der Waals surface area contributed by atoms with Crippen molar-refractivity contribution in [3.05, 3.63) is 164 Å². The predicted molar refractivity (Wildman–Crippen MR) is 208 cm³/mol. The van der Waals surface area contributed by atoms with E-state index in [-0.39, 0.29) is 0 Å². The Balaban J connectivity index is 1.22. The first kappa shape index (κ1) is 26.9. The third kappa shape index (κ3) is 3.52. The standard InChI is InChI=1S/C45H27N5O/c1-7-19-35-29(13-1)30-14-2-8-20-36(30)48(35)28-25-41-44(42(26-28)49-37-21-9-3-15-31(37)32-16-4-10-22-38(32)49)46-45-47(41)27-43(51-45)50-39-23-11-5-17-33(39)34-18-6-12-24-40(34)50/h1-27H. The molecule has 0 saturated heterocycles. The molecule has 12 rings (SSSR count). The second-order valence-electron chi connectivity index (χ2n) is 13.3. The van der Waals surface area contributed by atoms with E-state index in [4.69, 9.17) is 9.40 Å². The van der Waals surface area contributed by atoms with Crippen LogP contribution in [0.4, 0.5) is 0 Å². The number of nitrogens with zero attached hydrogens (tertiary/aromatic N) is 5. The van der Waals surface area contributed by atoms with Crippen LogP contribution in [0, 0.1) is 0 Å². The van der Waals surface area contributed by atoms with Gasteiger partial charge in [0.15, 0.2) is 0 Å². The Kier molecular flexibility index (Phi) is 5.14. The van der Waals surface area contributed by atoms with Crippen molar-refractivity contribution in [1.82, 2.24) is 23.1 Å². The van der Waals surface area contributed by atoms with E-state index in [0.29, 0.717) is 5.84 Å². The molecule has 5 aromatic heterocycles. The first-order valence-corrected chi connectivity index (χ1v) is 17.2. The summed E-state index contributed by atoms with van der Waals surface area (Å²) in [5.74, 6) is 1.26. The van der Waals surface area contributed by atoms with Crippen molar-refractivity contribution in [1.29, 1.82) is 0 Å². The summed E-state index contributed by atoms with van der Waals surface area (Å²) < 4.78 is 15.8. The third-order valence-corrected chi connectivity index (χ3v) is 10.6. The molecule has 51 heavy (non-hydrogen) atoms. The molecule has 0 aliphatic heterocycles. The molecular weight excluding hydrogens is 627 g/mol. The molecular formula is C45H27N5O. The highest BCUT2D eigenvalue weighted by Gasteiger charge is 2.23. The Morgan fingerprint density at radius 3 is 1.24 bits per heavy atom. The molecule has 0 radical (unpaired) electrons. The van der Waals surface area contributed by atoms with Gasteiger partial charge in [-0.1, -0.05) is 109 Å². The first-order chi connectivity index (χ1) is 25.3. The van der Waals surface area contributed by atoms with Crippen LogP contribution in [0.1, 0.15) is 0 Å². The first-order valence-electron chi connectivity index (χ1n) is 17.2. The Hall–Kier alpha value is -7.05. The van der Waals surface area contributed by atoms with Gasteiger partial charge in [-0.2, -0.15) is 4.98 Å². The molecule has 0 fully saturated rings. The van der Waals surface area contributed by atoms with E-state index in [1.54, 1.807) is 0 Å². The van der Waals surface area contributed by atoms with Crippen LogP contribution in [0.25, 0.3) is 99.6 Å². The molecule has 6 nitrogen and oxygen atoms in total. The molecule has 0 saturated carbocycles. The van der Waals surface area contributed by atoms with E-state index >= 15 is 0 Å². The van der Waals surface area contributed by atoms with E-state index in [9.17, 15) is 0 Å². The van der Waals surface area contributed by atoms with Crippen molar-refractivity contribution in [3.63, 3.8) is 0 Å². The lowest BCUT2D eigenvalue weighted by atomic mass is 10.2. The van der Waals surface area contributed by atoms with Gasteiger partial charge in [0, 0.05) is 32.3 Å². The van der Waals surface area contributed by atoms with E-state index in [1.165, 1.54) is 32.3 Å². The van der Waals surface area contributed by atoms with Gasteiger partial charge in [-0.05, 0) is 48.5 Å². The van der Waals surface area contributed by atoms with Crippen molar-refractivity contribution >= 4 is 82.3 Å². The summed E-state index contributed by atoms with van der Waals surface area (Å²) >= 11 is 0. The fourth-order valence-corrected chi connectivity index (χ4v) is 8.51. The molecule has 238 valence electrons. The lowest BCUT2D eigenvalue weighted by Gasteiger charge is -2.14. The minimum Gasteiger partial charge on any atom is -0.406 e. The van der Waals surface area contributed by atoms with E-state index < -0.39 is 0 Å². The fourth-order valence-electron chi connectivity index (χ4n) is 8.51. The molecule has 0 unspecified atom stereocenters. The average molecular weight is 654 g/mol. The molecule has 0 aliphatic carbocycles. The van der Waals surface area contributed by atoms with Gasteiger partial charge in [-0.15, -0.1) is 0 Å². The van der Waals surface area contributed by atoms with Gasteiger partial charge in [-0.3, -0.25) is 8.97 Å². The van der Waals surface area contributed by atoms with Gasteiger partial charge >= 0.3 is 5.84 Å². The van der Waals surface area contributed by atoms with Gasteiger partial charge < -0.3 is 13.6 Å². The molecule has 0 spiro atoms. The molecule has 0 N–H and O–H groups in total. The largest absolute Gasteiger partial charge is 0.406 e. The van der Waals surface area contributed by atoms with Gasteiger partial charge in [0.25, 0.3) is 0 Å². The lowest BCUT2D eigenvalue weighted by Crippen LogP contribution is -2.00. The third-order valence-electron chi connectivity index (χ3n) is 10.6. The monoisotopic (exact) mass is 653 g/mol. The van der Waals surface area contributed by atoms with Crippen LogP contribution < -0.4 is 0 Å². The van der Waals surface area contributed by atoms with E-state index in [1.807, 2.05) is 0 Å². The quantitative estimate of drug-likeness (QED) is 0.190. The second kappa shape index (κ2) is 9.77. The van der Waals surface area contributed by atoms with Crippen LogP contribution in [0.3, 0.4) is 0 Å². The molecule has 12 aromatic rings. The number of benzene rings is 7. The minimum absolute atomic E-state index is 0.545. The van der Waals surface area contributed by atoms with Crippen molar-refractivity contribution in [2.45, 2.75) is 0 Å². The predicted octanol–water partition coefficient (Wildman–Crippen LogP) is 11.4. The Morgan fingerprint density at radius 2 is 0.784 bits per heavy atom. The topological polar surface area (TPSA) is 45.2 Å². The zero-order chi connectivity index (χ0) is 33.2. The Bertz CT molecular complexity index is 3220. The summed E-state index contributed by atoms with van der Waals surface area (Å²) in [6.07, 6.45) is 2.09. The lowest BCUT2D eigenvalue weighted by molar-refractivity contribution is 0.574. The number of fused-ring (bicyclic) bond motifs is 12. The summed E-state index contributed by atoms with van der Waals surface area (Å²) in [5, 5.41) is 7.24. The molecule has 5 heterocycles. The number of rotatable bonds is 3. The Labute approximate surface area is 290 Å². The van der Waals surface area contributed by atoms with Crippen molar-refractivity contribution in [2.24, 2.45) is 0 Å². The maximum Gasteiger partial charge on any atom is 0.308 e. The van der Waals surface area contributed by atoms with Gasteiger partial charge in [0.1, 0.15) is 5.52 Å². The zero-order valence-electron chi connectivity index (χ0n) is 27.2. The minimum atomic E-state index is 0.545. The summed E-state index contributed by atoms with van der Waals surface area (Å²) in [6.45, 7) is 0. The van der Waals surface area contributed by atoms with Crippen LogP contribution in [0.5, 0.6) is 0 Å². The van der Waals surface area contributed by atoms with Gasteiger partial charge in [0.05, 0.1) is 56.2 Å². The highest BCUT2D eigenvalue weighted by molar-refractivity contribution is 6.12. The molecule has 7 aromatic carbocycles. The SMILES string of the molecule is c1ccc2c(c1)c1ccccc1n2-c1cc(-n2c3ccccc3c3ccccc32)c2nc3oc(-n4c5ccccc5c5ccccc54)cn3c2c1. The van der Waals surface area contributed by atoms with Crippen LogP contribution >= 0.6 is 0 Å². The summed E-state index contributed by atoms with van der Waals surface area (Å²) in [6, 6.07) is 56.2. The highest BCUT2D eigenvalue weighted by atomic mass is 16.4. The van der Waals surface area contributed by atoms with E-state index in [2.05, 4.69) is 182 Å². The average Bonchev–Trinajstić information content (AvgIpc) is 3.98. The van der Waals surface area contributed by atoms with E-state index in [0.717, 1.165) is 61.4 Å². The molecule has 0 atom stereocenters. The summed E-state index contributed by atoms with van der Waals surface area (Å²) in [5.41, 5.74) is 10.7. The van der Waals surface area contributed by atoms with Crippen molar-refractivity contribution in [2.75, 3.05) is 0 Å². The fraction of sp³-hybridized carbons (Fsp3) is 0. The second-order valence-corrected chi connectivity index (χ2v) is 13.3. The zero-order valence-corrected chi connectivity index (χ0v) is 27.2. The van der Waals surface area contributed by atoms with Crippen LogP contribution in [0.2, 0.25) is 0 Å². The Morgan fingerprint density at radius 1 is 0.392 bits per heavy atom. The highest BCUT2D eigenvalue weighted by Crippen LogP contribution is 2.40. The van der Waals surface area contributed by atoms with Crippen LogP contribution in [-0.4, -0.2) is 23.1 Å². The number of para-hydroxylation sites is 6. The number of oxazole rings is 1. The van der Waals surface area contributed by atoms with Gasteiger partial charge in [-0.25, -0.2) is 0 Å². The summed E-state index contributed by atoms with van der Waals surface area (Å²) in [4.78, 5) is 5.28. The molecule has 6 heteroatoms. The van der Waals surface area contributed by atoms with Crippen LogP contribution in [-0.2, 0) is 0 Å².